The van der Waals surface area contributed by atoms with Gasteiger partial charge in [-0.2, -0.15) is 0 Å². The minimum absolute atomic E-state index is 0.0616. The molecule has 0 aliphatic carbocycles. The fraction of sp³-hybridized carbons (Fsp3) is 0.417. The number of aryl methyl sites for hydroxylation is 2. The smallest absolute Gasteiger partial charge is 0.236 e. The Balaban J connectivity index is 2.80. The lowest BCUT2D eigenvalue weighted by Gasteiger charge is -2.25. The molecule has 2 unspecified atom stereocenters. The van der Waals surface area contributed by atoms with Crippen LogP contribution in [0.3, 0.4) is 0 Å². The number of rotatable bonds is 10. The number of benzene rings is 2. The first kappa shape index (κ1) is 23.9. The molecule has 0 aromatic heterocycles. The summed E-state index contributed by atoms with van der Waals surface area (Å²) in [4.78, 5) is 27.7. The highest BCUT2D eigenvalue weighted by Gasteiger charge is 2.47. The Bertz CT molecular complexity index is 864. The van der Waals surface area contributed by atoms with Gasteiger partial charge < -0.3 is 14.0 Å². The van der Waals surface area contributed by atoms with Crippen molar-refractivity contribution in [1.29, 1.82) is 0 Å². The first-order valence-corrected chi connectivity index (χ1v) is 12.1. The number of ether oxygens (including phenoxy) is 2. The maximum atomic E-state index is 14.4. The predicted octanol–water partition coefficient (Wildman–Crippen LogP) is 5.97. The van der Waals surface area contributed by atoms with E-state index in [1.807, 2.05) is 39.0 Å². The highest BCUT2D eigenvalue weighted by molar-refractivity contribution is 7.96. The van der Waals surface area contributed by atoms with Crippen molar-refractivity contribution in [1.82, 2.24) is 0 Å². The molecule has 2 atom stereocenters. The van der Waals surface area contributed by atoms with Gasteiger partial charge in [0.1, 0.15) is 17.1 Å². The maximum absolute atomic E-state index is 14.4. The Morgan fingerprint density at radius 2 is 1.27 bits per heavy atom. The van der Waals surface area contributed by atoms with Crippen molar-refractivity contribution in [2.24, 2.45) is 0 Å². The molecule has 0 amide bonds. The standard InChI is InChI=1S/C24H31O5P/c1-7-16(4)30(27,23(25)21-17(8-2)12-10-13-18(21)9-3)24(26)22-19(28-5)14-11-15-20(22)29-6/h10-16H,7-9H2,1-6H3. The summed E-state index contributed by atoms with van der Waals surface area (Å²) >= 11 is 0. The largest absolute Gasteiger partial charge is 0.496 e. The lowest BCUT2D eigenvalue weighted by Crippen LogP contribution is -2.22. The quantitative estimate of drug-likeness (QED) is 0.434. The highest BCUT2D eigenvalue weighted by Crippen LogP contribution is 2.59. The normalized spacial score (nSPS) is 13.9. The fourth-order valence-electron chi connectivity index (χ4n) is 3.66. The lowest BCUT2D eigenvalue weighted by molar-refractivity contribution is 0.103. The van der Waals surface area contributed by atoms with Gasteiger partial charge in [-0.05, 0) is 42.5 Å². The predicted molar refractivity (Wildman–Crippen MR) is 121 cm³/mol. The monoisotopic (exact) mass is 430 g/mol. The van der Waals surface area contributed by atoms with Crippen LogP contribution in [0.2, 0.25) is 0 Å². The third kappa shape index (κ3) is 4.09. The molecule has 0 saturated carbocycles. The van der Waals surface area contributed by atoms with E-state index in [-0.39, 0.29) is 17.1 Å². The van der Waals surface area contributed by atoms with Gasteiger partial charge in [-0.1, -0.05) is 52.0 Å². The molecule has 0 radical (unpaired) electrons. The molecule has 0 saturated heterocycles. The maximum Gasteiger partial charge on any atom is 0.236 e. The second kappa shape index (κ2) is 10.1. The summed E-state index contributed by atoms with van der Waals surface area (Å²) < 4.78 is 25.1. The third-order valence-electron chi connectivity index (χ3n) is 5.67. The van der Waals surface area contributed by atoms with E-state index in [1.165, 1.54) is 14.2 Å². The first-order chi connectivity index (χ1) is 14.3. The Morgan fingerprint density at radius 3 is 1.67 bits per heavy atom. The van der Waals surface area contributed by atoms with Gasteiger partial charge in [0.25, 0.3) is 0 Å². The van der Waals surface area contributed by atoms with Gasteiger partial charge in [-0.3, -0.25) is 9.59 Å². The van der Waals surface area contributed by atoms with Crippen LogP contribution in [0, 0.1) is 0 Å². The highest BCUT2D eigenvalue weighted by atomic mass is 31.2. The van der Waals surface area contributed by atoms with Crippen LogP contribution in [0.5, 0.6) is 11.5 Å². The van der Waals surface area contributed by atoms with Crippen molar-refractivity contribution < 1.29 is 23.6 Å². The molecule has 6 heteroatoms. The number of methoxy groups -OCH3 is 2. The second-order valence-electron chi connectivity index (χ2n) is 7.22. The van der Waals surface area contributed by atoms with Crippen molar-refractivity contribution in [2.45, 2.75) is 52.6 Å². The molecule has 0 aliphatic heterocycles. The number of carbonyl (C=O) groups excluding carboxylic acids is 2. The fourth-order valence-corrected chi connectivity index (χ4v) is 6.33. The van der Waals surface area contributed by atoms with Crippen LogP contribution < -0.4 is 9.47 Å². The number of carbonyl (C=O) groups is 2. The van der Waals surface area contributed by atoms with Crippen molar-refractivity contribution in [3.8, 4) is 11.5 Å². The van der Waals surface area contributed by atoms with E-state index in [0.29, 0.717) is 24.8 Å². The zero-order valence-electron chi connectivity index (χ0n) is 18.7. The molecule has 2 aromatic carbocycles. The number of hydrogen-bond donors (Lipinski definition) is 0. The molecule has 0 N–H and O–H groups in total. The molecular formula is C24H31O5P. The summed E-state index contributed by atoms with van der Waals surface area (Å²) in [6.45, 7) is 7.44. The Kier molecular flexibility index (Phi) is 8.03. The summed E-state index contributed by atoms with van der Waals surface area (Å²) in [7, 11) is -1.17. The van der Waals surface area contributed by atoms with Crippen LogP contribution in [0.1, 0.15) is 66.0 Å². The zero-order chi connectivity index (χ0) is 22.5. The molecule has 5 nitrogen and oxygen atoms in total. The lowest BCUT2D eigenvalue weighted by atomic mass is 9.98. The van der Waals surface area contributed by atoms with Gasteiger partial charge in [0.2, 0.25) is 18.2 Å². The van der Waals surface area contributed by atoms with Gasteiger partial charge in [0.05, 0.1) is 14.2 Å². The molecule has 0 fully saturated rings. The first-order valence-electron chi connectivity index (χ1n) is 10.3. The molecule has 0 aliphatic rings. The van der Waals surface area contributed by atoms with Crippen molar-refractivity contribution in [2.75, 3.05) is 14.2 Å². The number of hydrogen-bond acceptors (Lipinski definition) is 5. The van der Waals surface area contributed by atoms with E-state index in [9.17, 15) is 14.2 Å². The van der Waals surface area contributed by atoms with E-state index >= 15 is 0 Å². The Morgan fingerprint density at radius 1 is 0.833 bits per heavy atom. The van der Waals surface area contributed by atoms with Crippen LogP contribution in [-0.4, -0.2) is 30.9 Å². The van der Waals surface area contributed by atoms with Crippen LogP contribution in [0.15, 0.2) is 36.4 Å². The van der Waals surface area contributed by atoms with Crippen LogP contribution in [0.25, 0.3) is 0 Å². The van der Waals surface area contributed by atoms with E-state index in [4.69, 9.17) is 9.47 Å². The van der Waals surface area contributed by atoms with Crippen molar-refractivity contribution in [3.05, 3.63) is 58.7 Å². The topological polar surface area (TPSA) is 69.7 Å². The summed E-state index contributed by atoms with van der Waals surface area (Å²) in [5.41, 5.74) is 0.222. The summed E-state index contributed by atoms with van der Waals surface area (Å²) in [5.74, 6) is 0.491. The summed E-state index contributed by atoms with van der Waals surface area (Å²) in [5, 5.41) is 0. The van der Waals surface area contributed by atoms with Gasteiger partial charge >= 0.3 is 0 Å². The summed E-state index contributed by atoms with van der Waals surface area (Å²) in [6, 6.07) is 10.5. The van der Waals surface area contributed by atoms with E-state index in [2.05, 4.69) is 0 Å². The van der Waals surface area contributed by atoms with Crippen LogP contribution in [0.4, 0.5) is 0 Å². The van der Waals surface area contributed by atoms with Crippen LogP contribution in [-0.2, 0) is 17.4 Å². The van der Waals surface area contributed by atoms with Gasteiger partial charge in [-0.25, -0.2) is 0 Å². The van der Waals surface area contributed by atoms with E-state index in [0.717, 1.165) is 11.1 Å². The molecule has 0 heterocycles. The van der Waals surface area contributed by atoms with Crippen molar-refractivity contribution >= 4 is 18.2 Å². The average Bonchev–Trinajstić information content (AvgIpc) is 2.80. The molecular weight excluding hydrogens is 399 g/mol. The summed E-state index contributed by atoms with van der Waals surface area (Å²) in [6.07, 6.45) is 1.66. The zero-order valence-corrected chi connectivity index (χ0v) is 19.5. The minimum atomic E-state index is -4.03. The average molecular weight is 430 g/mol. The van der Waals surface area contributed by atoms with Crippen molar-refractivity contribution in [3.63, 3.8) is 0 Å². The molecule has 2 rings (SSSR count). The van der Waals surface area contributed by atoms with Gasteiger partial charge in [-0.15, -0.1) is 0 Å². The molecule has 2 aromatic rings. The Hall–Kier alpha value is -2.39. The second-order valence-corrected chi connectivity index (χ2v) is 10.2. The SMILES string of the molecule is CCc1cccc(CC)c1C(=O)P(=O)(C(=O)c1c(OC)cccc1OC)C(C)CC. The van der Waals surface area contributed by atoms with E-state index < -0.39 is 23.8 Å². The molecule has 0 bridgehead atoms. The molecule has 162 valence electrons. The molecule has 0 spiro atoms. The van der Waals surface area contributed by atoms with Crippen LogP contribution >= 0.6 is 7.14 Å². The van der Waals surface area contributed by atoms with Gasteiger partial charge in [0.15, 0.2) is 0 Å². The molecule has 30 heavy (non-hydrogen) atoms. The van der Waals surface area contributed by atoms with E-state index in [1.54, 1.807) is 25.1 Å². The minimum Gasteiger partial charge on any atom is -0.496 e. The Labute approximate surface area is 179 Å². The van der Waals surface area contributed by atoms with Gasteiger partial charge in [0, 0.05) is 11.2 Å². The third-order valence-corrected chi connectivity index (χ3v) is 8.93.